The van der Waals surface area contributed by atoms with E-state index in [2.05, 4.69) is 34.5 Å². The first kappa shape index (κ1) is 32.8. The van der Waals surface area contributed by atoms with Crippen molar-refractivity contribution in [1.29, 1.82) is 0 Å². The van der Waals surface area contributed by atoms with E-state index in [0.29, 0.717) is 48.0 Å². The van der Waals surface area contributed by atoms with E-state index in [1.165, 1.54) is 0 Å². The first-order valence-corrected chi connectivity index (χ1v) is 14.7. The zero-order valence-corrected chi connectivity index (χ0v) is 25.3. The molecule has 0 bridgehead atoms. The van der Waals surface area contributed by atoms with Crippen LogP contribution in [0.25, 0.3) is 10.4 Å². The molecular weight excluding hydrogens is 520 g/mol. The van der Waals surface area contributed by atoms with Gasteiger partial charge in [0.25, 0.3) is 11.8 Å². The van der Waals surface area contributed by atoms with E-state index in [1.54, 1.807) is 24.3 Å². The molecule has 8 nitrogen and oxygen atoms in total. The van der Waals surface area contributed by atoms with E-state index in [9.17, 15) is 15.1 Å². The summed E-state index contributed by atoms with van der Waals surface area (Å²) in [6.45, 7) is 12.4. The summed E-state index contributed by atoms with van der Waals surface area (Å²) in [5.41, 5.74) is 11.3. The number of carbonyl (C=O) groups excluding carboxylic acids is 2. The van der Waals surface area contributed by atoms with Crippen LogP contribution in [0.4, 0.5) is 0 Å². The number of nitrogens with one attached hydrogen (secondary N) is 2. The molecule has 2 amide bonds. The Labute approximate surface area is 244 Å². The predicted octanol–water partition coefficient (Wildman–Crippen LogP) is 6.57. The Kier molecular flexibility index (Phi) is 14.2. The van der Waals surface area contributed by atoms with Gasteiger partial charge in [-0.15, -0.1) is 0 Å². The summed E-state index contributed by atoms with van der Waals surface area (Å²) in [5, 5.41) is 10.5. The molecule has 0 saturated heterocycles. The maximum Gasteiger partial charge on any atom is 0.253 e. The lowest BCUT2D eigenvalue weighted by Gasteiger charge is -2.28. The minimum absolute atomic E-state index is 0.0523. The van der Waals surface area contributed by atoms with Crippen LogP contribution in [-0.4, -0.2) is 53.4 Å². The summed E-state index contributed by atoms with van der Waals surface area (Å²) < 4.78 is 0. The minimum Gasteiger partial charge on any atom is -0.379 e. The lowest BCUT2D eigenvalue weighted by molar-refractivity contribution is 0.0755. The van der Waals surface area contributed by atoms with Crippen LogP contribution >= 0.6 is 12.2 Å². The van der Waals surface area contributed by atoms with Gasteiger partial charge in [0.2, 0.25) is 0 Å². The van der Waals surface area contributed by atoms with Crippen LogP contribution < -0.4 is 10.6 Å². The van der Waals surface area contributed by atoms with Crippen molar-refractivity contribution in [2.75, 3.05) is 19.6 Å². The summed E-state index contributed by atoms with van der Waals surface area (Å²) in [6.07, 6.45) is 2.69. The number of amides is 2. The Morgan fingerprint density at radius 1 is 1.00 bits per heavy atom. The second-order valence-electron chi connectivity index (χ2n) is 10.7. The quantitative estimate of drug-likeness (QED) is 0.104. The lowest BCUT2D eigenvalue weighted by atomic mass is 9.92. The summed E-state index contributed by atoms with van der Waals surface area (Å²) in [6, 6.07) is 15.6. The summed E-state index contributed by atoms with van der Waals surface area (Å²) >= 11 is 5.61. The molecule has 9 heteroatoms. The van der Waals surface area contributed by atoms with Crippen molar-refractivity contribution in [2.24, 2.45) is 17.0 Å². The average molecular weight is 565 g/mol. The third kappa shape index (κ3) is 10.6. The molecule has 0 radical (unpaired) electrons. The monoisotopic (exact) mass is 564 g/mol. The molecule has 0 heterocycles. The molecule has 0 aliphatic rings. The highest BCUT2D eigenvalue weighted by Crippen LogP contribution is 2.19. The Morgan fingerprint density at radius 2 is 1.65 bits per heavy atom. The summed E-state index contributed by atoms with van der Waals surface area (Å²) in [5.74, 6) is -0.00727. The maximum atomic E-state index is 13.5. The number of hydrogen-bond donors (Lipinski definition) is 2. The number of rotatable bonds is 16. The van der Waals surface area contributed by atoms with Crippen molar-refractivity contribution in [3.8, 4) is 0 Å². The van der Waals surface area contributed by atoms with Gasteiger partial charge in [-0.25, -0.2) is 0 Å². The summed E-state index contributed by atoms with van der Waals surface area (Å²) in [4.78, 5) is 32.4. The van der Waals surface area contributed by atoms with Crippen LogP contribution in [0.15, 0.2) is 59.7 Å². The Bertz CT molecular complexity index is 1140. The second kappa shape index (κ2) is 17.3. The molecule has 0 aromatic heterocycles. The van der Waals surface area contributed by atoms with Gasteiger partial charge in [-0.1, -0.05) is 88.3 Å². The van der Waals surface area contributed by atoms with Gasteiger partial charge in [0.1, 0.15) is 0 Å². The van der Waals surface area contributed by atoms with Crippen LogP contribution in [0.5, 0.6) is 0 Å². The molecule has 2 aromatic carbocycles. The van der Waals surface area contributed by atoms with Crippen LogP contribution in [0.1, 0.15) is 80.2 Å². The highest BCUT2D eigenvalue weighted by Gasteiger charge is 2.27. The van der Waals surface area contributed by atoms with Crippen molar-refractivity contribution in [2.45, 2.75) is 72.4 Å². The predicted molar refractivity (Wildman–Crippen MR) is 166 cm³/mol. The average Bonchev–Trinajstić information content (AvgIpc) is 2.95. The molecule has 2 N–H and O–H groups in total. The first-order chi connectivity index (χ1) is 19.2. The fourth-order valence-corrected chi connectivity index (χ4v) is 4.72. The largest absolute Gasteiger partial charge is 0.379 e. The zero-order valence-electron chi connectivity index (χ0n) is 24.5. The van der Waals surface area contributed by atoms with E-state index in [-0.39, 0.29) is 17.7 Å². The zero-order chi connectivity index (χ0) is 29.5. The number of nitrogens with zero attached hydrogens (tertiary/aromatic N) is 4. The molecule has 2 aromatic rings. The molecule has 0 aliphatic carbocycles. The van der Waals surface area contributed by atoms with Crippen LogP contribution in [0.2, 0.25) is 0 Å². The Morgan fingerprint density at radius 3 is 2.25 bits per heavy atom. The molecular formula is C31H44N6O2S. The Balaban J connectivity index is 2.31. The number of carbonyl (C=O) groups is 2. The van der Waals surface area contributed by atoms with Gasteiger partial charge in [0.05, 0.1) is 11.0 Å². The normalized spacial score (nSPS) is 13.1. The summed E-state index contributed by atoms with van der Waals surface area (Å²) in [7, 11) is 0. The van der Waals surface area contributed by atoms with E-state index in [4.69, 9.17) is 12.2 Å². The van der Waals surface area contributed by atoms with Crippen molar-refractivity contribution in [1.82, 2.24) is 15.5 Å². The number of azide groups is 1. The van der Waals surface area contributed by atoms with E-state index < -0.39 is 12.1 Å². The van der Waals surface area contributed by atoms with Gasteiger partial charge < -0.3 is 15.5 Å². The van der Waals surface area contributed by atoms with Crippen LogP contribution in [-0.2, 0) is 6.42 Å². The van der Waals surface area contributed by atoms with Gasteiger partial charge in [-0.3, -0.25) is 9.59 Å². The fourth-order valence-electron chi connectivity index (χ4n) is 4.54. The number of hydrogen-bond acceptors (Lipinski definition) is 4. The fraction of sp³-hybridized carbons (Fsp3) is 0.516. The highest BCUT2D eigenvalue weighted by molar-refractivity contribution is 7.80. The molecule has 0 saturated carbocycles. The molecule has 2 rings (SSSR count). The van der Waals surface area contributed by atoms with Crippen molar-refractivity contribution in [3.63, 3.8) is 0 Å². The lowest BCUT2D eigenvalue weighted by Crippen LogP contribution is -2.45. The van der Waals surface area contributed by atoms with E-state index in [0.717, 1.165) is 24.9 Å². The second-order valence-corrected chi connectivity index (χ2v) is 11.1. The Hall–Kier alpha value is -3.42. The van der Waals surface area contributed by atoms with E-state index in [1.807, 2.05) is 56.0 Å². The number of thiocarbonyl (C=S) groups is 1. The first-order valence-electron chi connectivity index (χ1n) is 14.3. The van der Waals surface area contributed by atoms with Gasteiger partial charge in [-0.2, -0.15) is 0 Å². The molecule has 0 aliphatic heterocycles. The van der Waals surface area contributed by atoms with Gasteiger partial charge in [0, 0.05) is 47.6 Å². The van der Waals surface area contributed by atoms with Crippen LogP contribution in [0.3, 0.4) is 0 Å². The third-order valence-electron chi connectivity index (χ3n) is 6.65. The van der Waals surface area contributed by atoms with Crippen LogP contribution in [0, 0.1) is 11.8 Å². The van der Waals surface area contributed by atoms with E-state index >= 15 is 0 Å². The smallest absolute Gasteiger partial charge is 0.253 e. The molecule has 40 heavy (non-hydrogen) atoms. The third-order valence-corrected chi connectivity index (χ3v) is 7.20. The van der Waals surface area contributed by atoms with Crippen molar-refractivity contribution < 1.29 is 9.59 Å². The van der Waals surface area contributed by atoms with Gasteiger partial charge in [0.15, 0.2) is 0 Å². The standard InChI is InChI=1S/C31H44N6O2S/c1-6-16-37(17-7-2)31(39)26-15-11-14-25(20-26)29(38)34-27(19-24-12-9-8-10-13-24)28(35-36-32)18-23(5)30(40)33-21-22(3)4/h8-15,20,22-23,27-28H,6-7,16-19,21H2,1-5H3,(H,33,40)(H,34,38)/t23-,27+,28+/m1/s1. The molecule has 3 atom stereocenters. The molecule has 0 spiro atoms. The van der Waals surface area contributed by atoms with Gasteiger partial charge in [-0.05, 0) is 60.9 Å². The maximum absolute atomic E-state index is 13.5. The highest BCUT2D eigenvalue weighted by atomic mass is 32.1. The molecule has 0 unspecified atom stereocenters. The van der Waals surface area contributed by atoms with Crippen molar-refractivity contribution >= 4 is 29.0 Å². The SMILES string of the molecule is CCCN(CCC)C(=O)c1cccc(C(=O)N[C@@H](Cc2ccccc2)[C@H](C[C@@H](C)C(=S)NCC(C)C)N=[N+]=[N-])c1. The topological polar surface area (TPSA) is 110 Å². The minimum atomic E-state index is -0.530. The number of benzene rings is 2. The van der Waals surface area contributed by atoms with Gasteiger partial charge >= 0.3 is 0 Å². The molecule has 0 fully saturated rings. The van der Waals surface area contributed by atoms with Crippen molar-refractivity contribution in [3.05, 3.63) is 81.7 Å². The molecule has 216 valence electrons.